The van der Waals surface area contributed by atoms with Crippen LogP contribution in [-0.4, -0.2) is 21.8 Å². The summed E-state index contributed by atoms with van der Waals surface area (Å²) in [4.78, 5) is 24.7. The Balaban J connectivity index is 1.72. The molecule has 0 saturated carbocycles. The average molecular weight is 347 g/mol. The highest BCUT2D eigenvalue weighted by molar-refractivity contribution is 5.94. The lowest BCUT2D eigenvalue weighted by Crippen LogP contribution is -2.30. The van der Waals surface area contributed by atoms with Crippen LogP contribution in [0.2, 0.25) is 0 Å². The Bertz CT molecular complexity index is 977. The molecule has 3 rings (SSSR count). The number of phenols is 1. The Kier molecular flexibility index (Phi) is 5.24. The zero-order chi connectivity index (χ0) is 18.4. The summed E-state index contributed by atoms with van der Waals surface area (Å²) in [7, 11) is 0. The van der Waals surface area contributed by atoms with Crippen LogP contribution in [0.3, 0.4) is 0 Å². The Morgan fingerprint density at radius 3 is 2.50 bits per heavy atom. The van der Waals surface area contributed by atoms with Crippen molar-refractivity contribution in [3.05, 3.63) is 100.0 Å². The summed E-state index contributed by atoms with van der Waals surface area (Å²) in [5.41, 5.74) is 3.66. The molecule has 0 aliphatic heterocycles. The summed E-state index contributed by atoms with van der Waals surface area (Å²) in [6, 6.07) is 19.0. The molecule has 1 amide bonds. The molecule has 0 unspecified atom stereocenters. The lowest BCUT2D eigenvalue weighted by Gasteiger charge is -2.07. The van der Waals surface area contributed by atoms with Gasteiger partial charge in [-0.1, -0.05) is 30.3 Å². The number of aromatic hydroxyl groups is 1. The van der Waals surface area contributed by atoms with Gasteiger partial charge in [0.1, 0.15) is 11.3 Å². The SMILES string of the molecule is O=C(N/N=C\c1ccc(O)cc1)c1cccn(Cc2ccccc2)c1=O. The lowest BCUT2D eigenvalue weighted by atomic mass is 10.2. The van der Waals surface area contributed by atoms with Crippen LogP contribution in [0.15, 0.2) is 82.8 Å². The smallest absolute Gasteiger partial charge is 0.276 e. The molecule has 1 aromatic heterocycles. The maximum atomic E-state index is 12.5. The molecule has 0 radical (unpaired) electrons. The summed E-state index contributed by atoms with van der Waals surface area (Å²) in [5.74, 6) is -0.429. The first kappa shape index (κ1) is 17.2. The van der Waals surface area contributed by atoms with Gasteiger partial charge in [0.15, 0.2) is 0 Å². The number of amides is 1. The number of aromatic nitrogens is 1. The maximum Gasteiger partial charge on any atom is 0.276 e. The number of benzene rings is 2. The van der Waals surface area contributed by atoms with Gasteiger partial charge in [0, 0.05) is 6.20 Å². The number of rotatable bonds is 5. The van der Waals surface area contributed by atoms with Crippen LogP contribution in [0.1, 0.15) is 21.5 Å². The first-order valence-electron chi connectivity index (χ1n) is 7.99. The molecule has 6 heteroatoms. The van der Waals surface area contributed by atoms with Gasteiger partial charge in [-0.05, 0) is 47.5 Å². The number of pyridine rings is 1. The van der Waals surface area contributed by atoms with Crippen molar-refractivity contribution >= 4 is 12.1 Å². The number of hydrogen-bond acceptors (Lipinski definition) is 4. The first-order valence-corrected chi connectivity index (χ1v) is 7.99. The van der Waals surface area contributed by atoms with E-state index in [9.17, 15) is 14.7 Å². The molecule has 2 N–H and O–H groups in total. The van der Waals surface area contributed by atoms with E-state index in [4.69, 9.17) is 0 Å². The molecule has 26 heavy (non-hydrogen) atoms. The van der Waals surface area contributed by atoms with Crippen molar-refractivity contribution < 1.29 is 9.90 Å². The number of carbonyl (C=O) groups is 1. The fraction of sp³-hybridized carbons (Fsp3) is 0.0500. The van der Waals surface area contributed by atoms with E-state index in [0.717, 1.165) is 5.56 Å². The molecule has 0 saturated heterocycles. The molecule has 1 heterocycles. The Morgan fingerprint density at radius 1 is 1.04 bits per heavy atom. The van der Waals surface area contributed by atoms with Gasteiger partial charge in [0.25, 0.3) is 11.5 Å². The van der Waals surface area contributed by atoms with Gasteiger partial charge < -0.3 is 9.67 Å². The van der Waals surface area contributed by atoms with Gasteiger partial charge in [0.05, 0.1) is 12.8 Å². The van der Waals surface area contributed by atoms with Gasteiger partial charge in [-0.2, -0.15) is 5.10 Å². The fourth-order valence-corrected chi connectivity index (χ4v) is 2.40. The summed E-state index contributed by atoms with van der Waals surface area (Å²) >= 11 is 0. The summed E-state index contributed by atoms with van der Waals surface area (Å²) in [6.07, 6.45) is 3.08. The standard InChI is InChI=1S/C20H17N3O3/c24-17-10-8-15(9-11-17)13-21-22-19(25)18-7-4-12-23(20(18)26)14-16-5-2-1-3-6-16/h1-13,24H,14H2,(H,22,25)/b21-13-. The zero-order valence-electron chi connectivity index (χ0n) is 13.9. The molecule has 0 aliphatic rings. The zero-order valence-corrected chi connectivity index (χ0v) is 13.9. The van der Waals surface area contributed by atoms with Crippen molar-refractivity contribution in [2.24, 2.45) is 5.10 Å². The summed E-state index contributed by atoms with van der Waals surface area (Å²) in [5, 5.41) is 13.1. The van der Waals surface area contributed by atoms with Crippen molar-refractivity contribution in [1.29, 1.82) is 0 Å². The van der Waals surface area contributed by atoms with Crippen LogP contribution in [-0.2, 0) is 6.54 Å². The van der Waals surface area contributed by atoms with Crippen LogP contribution in [0.4, 0.5) is 0 Å². The topological polar surface area (TPSA) is 83.7 Å². The number of hydrogen-bond donors (Lipinski definition) is 2. The molecule has 130 valence electrons. The quantitative estimate of drug-likeness (QED) is 0.549. The van der Waals surface area contributed by atoms with Crippen molar-refractivity contribution in [2.75, 3.05) is 0 Å². The van der Waals surface area contributed by atoms with Gasteiger partial charge in [-0.15, -0.1) is 0 Å². The van der Waals surface area contributed by atoms with E-state index in [0.29, 0.717) is 12.1 Å². The Hall–Kier alpha value is -3.67. The minimum Gasteiger partial charge on any atom is -0.508 e. The molecule has 0 spiro atoms. The van der Waals surface area contributed by atoms with E-state index in [1.165, 1.54) is 29.0 Å². The van der Waals surface area contributed by atoms with Crippen molar-refractivity contribution in [1.82, 2.24) is 9.99 Å². The Morgan fingerprint density at radius 2 is 1.77 bits per heavy atom. The van der Waals surface area contributed by atoms with Gasteiger partial charge in [-0.3, -0.25) is 9.59 Å². The largest absolute Gasteiger partial charge is 0.508 e. The van der Waals surface area contributed by atoms with Crippen LogP contribution in [0, 0.1) is 0 Å². The molecule has 6 nitrogen and oxygen atoms in total. The molecule has 0 fully saturated rings. The van der Waals surface area contributed by atoms with E-state index < -0.39 is 5.91 Å². The van der Waals surface area contributed by atoms with E-state index >= 15 is 0 Å². The second kappa shape index (κ2) is 7.94. The fourth-order valence-electron chi connectivity index (χ4n) is 2.40. The third kappa shape index (κ3) is 4.24. The van der Waals surface area contributed by atoms with Crippen molar-refractivity contribution in [2.45, 2.75) is 6.54 Å². The number of nitrogens with zero attached hydrogens (tertiary/aromatic N) is 2. The monoisotopic (exact) mass is 347 g/mol. The van der Waals surface area contributed by atoms with Crippen LogP contribution < -0.4 is 11.0 Å². The third-order valence-corrected chi connectivity index (χ3v) is 3.73. The van der Waals surface area contributed by atoms with Gasteiger partial charge >= 0.3 is 0 Å². The minimum atomic E-state index is -0.576. The number of nitrogens with one attached hydrogen (secondary N) is 1. The molecule has 2 aromatic carbocycles. The predicted octanol–water partition coefficient (Wildman–Crippen LogP) is 2.37. The first-order chi connectivity index (χ1) is 12.6. The molecule has 0 aliphatic carbocycles. The number of hydrazone groups is 1. The molecule has 3 aromatic rings. The minimum absolute atomic E-state index is 0.0197. The summed E-state index contributed by atoms with van der Waals surface area (Å²) in [6.45, 7) is 0.386. The molecular formula is C20H17N3O3. The highest BCUT2D eigenvalue weighted by atomic mass is 16.3. The van der Waals surface area contributed by atoms with Crippen LogP contribution in [0.5, 0.6) is 5.75 Å². The van der Waals surface area contributed by atoms with Crippen molar-refractivity contribution in [3.63, 3.8) is 0 Å². The normalized spacial score (nSPS) is 10.8. The molecule has 0 bridgehead atoms. The Labute approximate surface area is 150 Å². The predicted molar refractivity (Wildman–Crippen MR) is 99.4 cm³/mol. The number of phenolic OH excluding ortho intramolecular Hbond substituents is 1. The highest BCUT2D eigenvalue weighted by Crippen LogP contribution is 2.07. The molecular weight excluding hydrogens is 330 g/mol. The second-order valence-electron chi connectivity index (χ2n) is 5.63. The second-order valence-corrected chi connectivity index (χ2v) is 5.63. The molecule has 0 atom stereocenters. The summed E-state index contributed by atoms with van der Waals surface area (Å²) < 4.78 is 1.48. The van der Waals surface area contributed by atoms with E-state index in [-0.39, 0.29) is 16.9 Å². The highest BCUT2D eigenvalue weighted by Gasteiger charge is 2.11. The van der Waals surface area contributed by atoms with Crippen molar-refractivity contribution in [3.8, 4) is 5.75 Å². The van der Waals surface area contributed by atoms with Gasteiger partial charge in [0.2, 0.25) is 0 Å². The van der Waals surface area contributed by atoms with E-state index in [1.54, 1.807) is 24.4 Å². The average Bonchev–Trinajstić information content (AvgIpc) is 2.66. The van der Waals surface area contributed by atoms with E-state index in [2.05, 4.69) is 10.5 Å². The lowest BCUT2D eigenvalue weighted by molar-refractivity contribution is 0.0953. The van der Waals surface area contributed by atoms with E-state index in [1.807, 2.05) is 30.3 Å². The maximum absolute atomic E-state index is 12.5. The third-order valence-electron chi connectivity index (χ3n) is 3.73. The van der Waals surface area contributed by atoms with Crippen LogP contribution >= 0.6 is 0 Å². The number of carbonyl (C=O) groups excluding carboxylic acids is 1. The van der Waals surface area contributed by atoms with Crippen LogP contribution in [0.25, 0.3) is 0 Å². The van der Waals surface area contributed by atoms with Gasteiger partial charge in [-0.25, -0.2) is 5.43 Å².